The maximum absolute atomic E-state index is 12.7. The lowest BCUT2D eigenvalue weighted by molar-refractivity contribution is 0.0933. The molecule has 3 aromatic rings. The highest BCUT2D eigenvalue weighted by Crippen LogP contribution is 2.21. The van der Waals surface area contributed by atoms with Gasteiger partial charge >= 0.3 is 0 Å². The molecule has 0 saturated heterocycles. The highest BCUT2D eigenvalue weighted by molar-refractivity contribution is 9.10. The number of nitrogens with zero attached hydrogens (tertiary/aromatic N) is 3. The van der Waals surface area contributed by atoms with Crippen molar-refractivity contribution < 1.29 is 4.79 Å². The van der Waals surface area contributed by atoms with Gasteiger partial charge < -0.3 is 5.32 Å². The van der Waals surface area contributed by atoms with Gasteiger partial charge in [0.1, 0.15) is 0 Å². The number of nitrogens with one attached hydrogen (secondary N) is 1. The number of amides is 1. The van der Waals surface area contributed by atoms with Crippen LogP contribution >= 0.6 is 27.7 Å². The number of rotatable bonds is 6. The molecular formula is C17H17BrN4OS. The van der Waals surface area contributed by atoms with Crippen LogP contribution in [0.5, 0.6) is 0 Å². The summed E-state index contributed by atoms with van der Waals surface area (Å²) in [5, 5.41) is 11.6. The molecule has 1 unspecified atom stereocenters. The van der Waals surface area contributed by atoms with E-state index in [2.05, 4.69) is 37.7 Å². The van der Waals surface area contributed by atoms with Gasteiger partial charge in [-0.3, -0.25) is 9.20 Å². The van der Waals surface area contributed by atoms with Gasteiger partial charge in [0, 0.05) is 10.7 Å². The van der Waals surface area contributed by atoms with Crippen molar-refractivity contribution in [3.8, 4) is 0 Å². The molecule has 1 amide bonds. The summed E-state index contributed by atoms with van der Waals surface area (Å²) >= 11 is 5.17. The number of benzene rings is 1. The molecule has 2 heterocycles. The van der Waals surface area contributed by atoms with E-state index in [9.17, 15) is 4.79 Å². The van der Waals surface area contributed by atoms with Gasteiger partial charge in [0.15, 0.2) is 11.5 Å². The Labute approximate surface area is 153 Å². The molecule has 1 atom stereocenters. The van der Waals surface area contributed by atoms with Crippen molar-refractivity contribution >= 4 is 39.2 Å². The highest BCUT2D eigenvalue weighted by Gasteiger charge is 2.21. The van der Waals surface area contributed by atoms with Crippen LogP contribution in [-0.2, 0) is 0 Å². The SMILES string of the molecule is CSCCC(NC(=O)c1ccccc1Br)c1nnc2ccccn12. The van der Waals surface area contributed by atoms with Crippen LogP contribution in [-0.4, -0.2) is 32.5 Å². The molecule has 2 aromatic heterocycles. The van der Waals surface area contributed by atoms with Crippen LogP contribution in [0.2, 0.25) is 0 Å². The zero-order valence-electron chi connectivity index (χ0n) is 13.1. The fourth-order valence-corrected chi connectivity index (χ4v) is 3.42. The molecule has 0 aliphatic heterocycles. The molecule has 0 aliphatic carbocycles. The predicted octanol–water partition coefficient (Wildman–Crippen LogP) is 3.72. The summed E-state index contributed by atoms with van der Waals surface area (Å²) in [5.74, 6) is 1.55. The number of pyridine rings is 1. The number of fused-ring (bicyclic) bond motifs is 1. The third kappa shape index (κ3) is 3.62. The number of halogens is 1. The van der Waals surface area contributed by atoms with Crippen LogP contribution in [0.4, 0.5) is 0 Å². The standard InChI is InChI=1S/C17H17BrN4OS/c1-24-11-9-14(16-21-20-15-8-4-5-10-22(15)16)19-17(23)12-6-2-3-7-13(12)18/h2-8,10,14H,9,11H2,1H3,(H,19,23). The lowest BCUT2D eigenvalue weighted by Crippen LogP contribution is -2.30. The Hall–Kier alpha value is -1.86. The lowest BCUT2D eigenvalue weighted by Gasteiger charge is -2.17. The van der Waals surface area contributed by atoms with E-state index >= 15 is 0 Å². The second-order valence-electron chi connectivity index (χ2n) is 5.27. The van der Waals surface area contributed by atoms with Crippen molar-refractivity contribution in [2.75, 3.05) is 12.0 Å². The summed E-state index contributed by atoms with van der Waals surface area (Å²) < 4.78 is 2.70. The quantitative estimate of drug-likeness (QED) is 0.679. The van der Waals surface area contributed by atoms with E-state index in [0.29, 0.717) is 5.56 Å². The Morgan fingerprint density at radius 3 is 2.83 bits per heavy atom. The first-order valence-corrected chi connectivity index (χ1v) is 9.73. The van der Waals surface area contributed by atoms with E-state index < -0.39 is 0 Å². The fraction of sp³-hybridized carbons (Fsp3) is 0.235. The second kappa shape index (κ2) is 7.81. The number of hydrogen-bond donors (Lipinski definition) is 1. The Bertz CT molecular complexity index is 851. The van der Waals surface area contributed by atoms with Crippen molar-refractivity contribution in [1.82, 2.24) is 19.9 Å². The van der Waals surface area contributed by atoms with Gasteiger partial charge in [-0.25, -0.2) is 0 Å². The molecule has 1 N–H and O–H groups in total. The van der Waals surface area contributed by atoms with Crippen molar-refractivity contribution in [2.24, 2.45) is 0 Å². The van der Waals surface area contributed by atoms with E-state index in [-0.39, 0.29) is 11.9 Å². The second-order valence-corrected chi connectivity index (χ2v) is 7.11. The molecule has 5 nitrogen and oxygen atoms in total. The zero-order valence-corrected chi connectivity index (χ0v) is 15.5. The van der Waals surface area contributed by atoms with Gasteiger partial charge in [0.05, 0.1) is 11.6 Å². The van der Waals surface area contributed by atoms with Gasteiger partial charge in [-0.05, 0) is 58.6 Å². The largest absolute Gasteiger partial charge is 0.342 e. The number of carbonyl (C=O) groups is 1. The Morgan fingerprint density at radius 2 is 2.04 bits per heavy atom. The fourth-order valence-electron chi connectivity index (χ4n) is 2.48. The normalized spacial score (nSPS) is 12.2. The Kier molecular flexibility index (Phi) is 5.52. The summed E-state index contributed by atoms with van der Waals surface area (Å²) in [5.41, 5.74) is 1.39. The third-order valence-corrected chi connectivity index (χ3v) is 5.02. The number of thioether (sulfide) groups is 1. The molecule has 1 aromatic carbocycles. The molecule has 0 spiro atoms. The minimum atomic E-state index is -0.200. The van der Waals surface area contributed by atoms with Crippen molar-refractivity contribution in [1.29, 1.82) is 0 Å². The topological polar surface area (TPSA) is 59.3 Å². The van der Waals surface area contributed by atoms with E-state index in [1.807, 2.05) is 47.0 Å². The van der Waals surface area contributed by atoms with Gasteiger partial charge in [0.25, 0.3) is 5.91 Å². The first-order valence-electron chi connectivity index (χ1n) is 7.54. The van der Waals surface area contributed by atoms with Crippen LogP contribution < -0.4 is 5.32 Å². The number of aromatic nitrogens is 3. The smallest absolute Gasteiger partial charge is 0.253 e. The summed E-state index contributed by atoms with van der Waals surface area (Å²) in [6, 6.07) is 12.9. The molecule has 124 valence electrons. The molecule has 3 rings (SSSR count). The summed E-state index contributed by atoms with van der Waals surface area (Å²) in [6.07, 6.45) is 4.75. The molecule has 24 heavy (non-hydrogen) atoms. The molecule has 0 bridgehead atoms. The maximum Gasteiger partial charge on any atom is 0.253 e. The molecular weight excluding hydrogens is 388 g/mol. The molecule has 0 aliphatic rings. The van der Waals surface area contributed by atoms with Crippen LogP contribution in [0.1, 0.15) is 28.6 Å². The summed E-state index contributed by atoms with van der Waals surface area (Å²) in [7, 11) is 0. The maximum atomic E-state index is 12.7. The van der Waals surface area contributed by atoms with Gasteiger partial charge in [-0.2, -0.15) is 11.8 Å². The number of carbonyl (C=O) groups excluding carboxylic acids is 1. The molecule has 0 radical (unpaired) electrons. The van der Waals surface area contributed by atoms with E-state index in [4.69, 9.17) is 0 Å². The van der Waals surface area contributed by atoms with E-state index in [0.717, 1.165) is 28.1 Å². The van der Waals surface area contributed by atoms with Gasteiger partial charge in [0.2, 0.25) is 0 Å². The summed E-state index contributed by atoms with van der Waals surface area (Å²) in [4.78, 5) is 12.7. The summed E-state index contributed by atoms with van der Waals surface area (Å²) in [6.45, 7) is 0. The zero-order chi connectivity index (χ0) is 16.9. The van der Waals surface area contributed by atoms with Crippen LogP contribution in [0.3, 0.4) is 0 Å². The van der Waals surface area contributed by atoms with Crippen molar-refractivity contribution in [3.05, 3.63) is 64.5 Å². The first kappa shape index (κ1) is 17.0. The van der Waals surface area contributed by atoms with Crippen molar-refractivity contribution in [2.45, 2.75) is 12.5 Å². The average molecular weight is 405 g/mol. The van der Waals surface area contributed by atoms with E-state index in [1.54, 1.807) is 17.8 Å². The monoisotopic (exact) mass is 404 g/mol. The van der Waals surface area contributed by atoms with Gasteiger partial charge in [-0.15, -0.1) is 10.2 Å². The first-order chi connectivity index (χ1) is 11.7. The predicted molar refractivity (Wildman–Crippen MR) is 100 cm³/mol. The molecule has 0 saturated carbocycles. The van der Waals surface area contributed by atoms with Crippen molar-refractivity contribution in [3.63, 3.8) is 0 Å². The molecule has 0 fully saturated rings. The minimum absolute atomic E-state index is 0.124. The Balaban J connectivity index is 1.89. The molecule has 7 heteroatoms. The van der Waals surface area contributed by atoms with Crippen LogP contribution in [0.15, 0.2) is 53.1 Å². The van der Waals surface area contributed by atoms with Gasteiger partial charge in [-0.1, -0.05) is 18.2 Å². The average Bonchev–Trinajstić information content (AvgIpc) is 3.03. The van der Waals surface area contributed by atoms with Crippen LogP contribution in [0, 0.1) is 0 Å². The minimum Gasteiger partial charge on any atom is -0.342 e. The van der Waals surface area contributed by atoms with E-state index in [1.165, 1.54) is 0 Å². The highest BCUT2D eigenvalue weighted by atomic mass is 79.9. The third-order valence-electron chi connectivity index (χ3n) is 3.69. The Morgan fingerprint density at radius 1 is 1.25 bits per heavy atom. The number of hydrogen-bond acceptors (Lipinski definition) is 4. The lowest BCUT2D eigenvalue weighted by atomic mass is 10.1. The van der Waals surface area contributed by atoms with Crippen LogP contribution in [0.25, 0.3) is 5.65 Å².